The predicted molar refractivity (Wildman–Crippen MR) is 92.6 cm³/mol. The maximum Gasteiger partial charge on any atom is 0.337 e. The minimum absolute atomic E-state index is 0.283. The molecule has 0 saturated heterocycles. The number of rotatable bonds is 6. The number of esters is 1. The second-order valence-corrected chi connectivity index (χ2v) is 6.10. The quantitative estimate of drug-likeness (QED) is 0.771. The first-order valence-electron chi connectivity index (χ1n) is 7.82. The lowest BCUT2D eigenvalue weighted by Gasteiger charge is -2.29. The zero-order valence-corrected chi connectivity index (χ0v) is 14.8. The Morgan fingerprint density at radius 3 is 2.71 bits per heavy atom. The lowest BCUT2D eigenvalue weighted by molar-refractivity contribution is -0.139. The minimum atomic E-state index is -0.418. The van der Waals surface area contributed by atoms with Crippen molar-refractivity contribution < 1.29 is 14.3 Å². The van der Waals surface area contributed by atoms with Crippen LogP contribution in [0.2, 0.25) is 5.02 Å². The van der Waals surface area contributed by atoms with Gasteiger partial charge in [-0.3, -0.25) is 4.90 Å². The molecule has 1 aromatic carbocycles. The number of hydrogen-bond donors (Lipinski definition) is 2. The fourth-order valence-electron chi connectivity index (χ4n) is 2.65. The number of carbonyl (C=O) groups is 2. The number of nitrogens with zero attached hydrogens (tertiary/aromatic N) is 1. The van der Waals surface area contributed by atoms with Gasteiger partial charge in [-0.15, -0.1) is 0 Å². The van der Waals surface area contributed by atoms with Gasteiger partial charge in [0.05, 0.1) is 18.2 Å². The van der Waals surface area contributed by atoms with E-state index in [-0.39, 0.29) is 12.6 Å². The summed E-state index contributed by atoms with van der Waals surface area (Å²) >= 11 is 6.19. The number of carbonyl (C=O) groups excluding carboxylic acids is 2. The van der Waals surface area contributed by atoms with Gasteiger partial charge in [-0.05, 0) is 32.5 Å². The van der Waals surface area contributed by atoms with Gasteiger partial charge in [0.1, 0.15) is 0 Å². The summed E-state index contributed by atoms with van der Waals surface area (Å²) < 4.78 is 5.11. The fourth-order valence-corrected chi connectivity index (χ4v) is 2.84. The third-order valence-corrected chi connectivity index (χ3v) is 4.06. The van der Waals surface area contributed by atoms with Crippen molar-refractivity contribution in [2.75, 3.05) is 20.2 Å². The largest absolute Gasteiger partial charge is 0.463 e. The van der Waals surface area contributed by atoms with Crippen LogP contribution in [0, 0.1) is 0 Å². The van der Waals surface area contributed by atoms with E-state index in [1.54, 1.807) is 13.8 Å². The highest BCUT2D eigenvalue weighted by molar-refractivity contribution is 6.31. The van der Waals surface area contributed by atoms with Crippen molar-refractivity contribution in [2.24, 2.45) is 0 Å². The van der Waals surface area contributed by atoms with Crippen LogP contribution in [0.25, 0.3) is 0 Å². The average molecular weight is 352 g/mol. The van der Waals surface area contributed by atoms with Gasteiger partial charge in [0, 0.05) is 23.8 Å². The van der Waals surface area contributed by atoms with Crippen LogP contribution in [-0.2, 0) is 16.1 Å². The SMILES string of the molecule is CCOC(=O)C1=C(CN(C)Cc2ccccc2Cl)NC(=O)NC1C. The Morgan fingerprint density at radius 2 is 2.04 bits per heavy atom. The molecule has 1 heterocycles. The van der Waals surface area contributed by atoms with Crippen LogP contribution in [0.5, 0.6) is 0 Å². The molecular weight excluding hydrogens is 330 g/mol. The Labute approximate surface area is 146 Å². The molecule has 2 rings (SSSR count). The number of nitrogens with one attached hydrogen (secondary N) is 2. The summed E-state index contributed by atoms with van der Waals surface area (Å²) in [5.41, 5.74) is 1.98. The normalized spacial score (nSPS) is 17.5. The van der Waals surface area contributed by atoms with Gasteiger partial charge in [0.2, 0.25) is 0 Å². The molecule has 2 amide bonds. The van der Waals surface area contributed by atoms with E-state index in [9.17, 15) is 9.59 Å². The molecule has 0 aliphatic carbocycles. The molecule has 7 heteroatoms. The van der Waals surface area contributed by atoms with Gasteiger partial charge in [0.15, 0.2) is 0 Å². The predicted octanol–water partition coefficient (Wildman–Crippen LogP) is 2.29. The van der Waals surface area contributed by atoms with E-state index in [4.69, 9.17) is 16.3 Å². The zero-order valence-electron chi connectivity index (χ0n) is 14.1. The summed E-state index contributed by atoms with van der Waals surface area (Å²) in [6.45, 7) is 4.79. The van der Waals surface area contributed by atoms with Crippen molar-refractivity contribution in [3.63, 3.8) is 0 Å². The maximum absolute atomic E-state index is 12.2. The van der Waals surface area contributed by atoms with E-state index in [0.29, 0.717) is 29.4 Å². The Morgan fingerprint density at radius 1 is 1.33 bits per heavy atom. The molecule has 1 unspecified atom stereocenters. The Bertz CT molecular complexity index is 660. The third kappa shape index (κ3) is 4.49. The molecule has 1 aromatic rings. The summed E-state index contributed by atoms with van der Waals surface area (Å²) in [7, 11) is 1.90. The Balaban J connectivity index is 2.19. The van der Waals surface area contributed by atoms with Crippen LogP contribution in [0.3, 0.4) is 0 Å². The average Bonchev–Trinajstić information content (AvgIpc) is 2.49. The molecule has 0 spiro atoms. The molecule has 6 nitrogen and oxygen atoms in total. The topological polar surface area (TPSA) is 70.7 Å². The van der Waals surface area contributed by atoms with Crippen molar-refractivity contribution >= 4 is 23.6 Å². The van der Waals surface area contributed by atoms with Crippen molar-refractivity contribution in [3.8, 4) is 0 Å². The van der Waals surface area contributed by atoms with Gasteiger partial charge in [0.25, 0.3) is 0 Å². The standard InChI is InChI=1S/C17H22ClN3O3/c1-4-24-16(22)15-11(2)19-17(23)20-14(15)10-21(3)9-12-7-5-6-8-13(12)18/h5-8,11H,4,9-10H2,1-3H3,(H2,19,20,23). The second kappa shape index (κ2) is 8.17. The summed E-state index contributed by atoms with van der Waals surface area (Å²) in [6.07, 6.45) is 0. The summed E-state index contributed by atoms with van der Waals surface area (Å²) in [5.74, 6) is -0.418. The van der Waals surface area contributed by atoms with Crippen LogP contribution in [0.15, 0.2) is 35.5 Å². The van der Waals surface area contributed by atoms with Crippen LogP contribution in [0.4, 0.5) is 4.79 Å². The molecule has 0 bridgehead atoms. The number of amides is 2. The van der Waals surface area contributed by atoms with E-state index >= 15 is 0 Å². The summed E-state index contributed by atoms with van der Waals surface area (Å²) in [5, 5.41) is 6.09. The van der Waals surface area contributed by atoms with Crippen molar-refractivity contribution in [2.45, 2.75) is 26.4 Å². The molecule has 0 aromatic heterocycles. The first-order chi connectivity index (χ1) is 11.4. The van der Waals surface area contributed by atoms with E-state index in [0.717, 1.165) is 5.56 Å². The van der Waals surface area contributed by atoms with Crippen LogP contribution in [0.1, 0.15) is 19.4 Å². The minimum Gasteiger partial charge on any atom is -0.463 e. The number of benzene rings is 1. The molecule has 1 aliphatic heterocycles. The first kappa shape index (κ1) is 18.3. The summed E-state index contributed by atoms with van der Waals surface area (Å²) in [6, 6.07) is 6.86. The second-order valence-electron chi connectivity index (χ2n) is 5.70. The van der Waals surface area contributed by atoms with Crippen LogP contribution >= 0.6 is 11.6 Å². The Hall–Kier alpha value is -2.05. The van der Waals surface area contributed by atoms with Crippen LogP contribution in [-0.4, -0.2) is 43.1 Å². The fraction of sp³-hybridized carbons (Fsp3) is 0.412. The lowest BCUT2D eigenvalue weighted by Crippen LogP contribution is -2.51. The molecular formula is C17H22ClN3O3. The van der Waals surface area contributed by atoms with Crippen LogP contribution < -0.4 is 10.6 Å². The monoisotopic (exact) mass is 351 g/mol. The zero-order chi connectivity index (χ0) is 17.7. The van der Waals surface area contributed by atoms with Gasteiger partial charge in [-0.25, -0.2) is 9.59 Å². The van der Waals surface area contributed by atoms with Crippen molar-refractivity contribution in [1.82, 2.24) is 15.5 Å². The van der Waals surface area contributed by atoms with Crippen molar-refractivity contribution in [3.05, 3.63) is 46.1 Å². The van der Waals surface area contributed by atoms with Gasteiger partial charge in [-0.1, -0.05) is 29.8 Å². The highest BCUT2D eigenvalue weighted by atomic mass is 35.5. The highest BCUT2D eigenvalue weighted by Gasteiger charge is 2.30. The van der Waals surface area contributed by atoms with E-state index in [2.05, 4.69) is 10.6 Å². The molecule has 130 valence electrons. The van der Waals surface area contributed by atoms with E-state index in [1.165, 1.54) is 0 Å². The molecule has 1 atom stereocenters. The smallest absolute Gasteiger partial charge is 0.337 e. The van der Waals surface area contributed by atoms with Crippen molar-refractivity contribution in [1.29, 1.82) is 0 Å². The number of halogens is 1. The van der Waals surface area contributed by atoms with Gasteiger partial charge < -0.3 is 15.4 Å². The van der Waals surface area contributed by atoms with Gasteiger partial charge >= 0.3 is 12.0 Å². The van der Waals surface area contributed by atoms with E-state index < -0.39 is 12.0 Å². The first-order valence-corrected chi connectivity index (χ1v) is 8.19. The molecule has 24 heavy (non-hydrogen) atoms. The number of hydrogen-bond acceptors (Lipinski definition) is 4. The molecule has 2 N–H and O–H groups in total. The molecule has 0 radical (unpaired) electrons. The number of likely N-dealkylation sites (N-methyl/N-ethyl adjacent to an activating group) is 1. The van der Waals surface area contributed by atoms with Gasteiger partial charge in [-0.2, -0.15) is 0 Å². The Kier molecular flexibility index (Phi) is 6.23. The lowest BCUT2D eigenvalue weighted by atomic mass is 10.0. The molecule has 0 fully saturated rings. The third-order valence-electron chi connectivity index (χ3n) is 3.69. The molecule has 0 saturated carbocycles. The number of ether oxygens (including phenoxy) is 1. The summed E-state index contributed by atoms with van der Waals surface area (Å²) in [4.78, 5) is 25.9. The molecule has 1 aliphatic rings. The highest BCUT2D eigenvalue weighted by Crippen LogP contribution is 2.19. The number of urea groups is 1. The maximum atomic E-state index is 12.2. The van der Waals surface area contributed by atoms with E-state index in [1.807, 2.05) is 36.2 Å².